The molecule has 2 rings (SSSR count). The summed E-state index contributed by atoms with van der Waals surface area (Å²) >= 11 is 0. The van der Waals surface area contributed by atoms with Crippen molar-refractivity contribution in [3.05, 3.63) is 41.1 Å². The maximum atomic E-state index is 12.9. The molecule has 0 unspecified atom stereocenters. The highest BCUT2D eigenvalue weighted by Gasteiger charge is 2.20. The average molecular weight is 327 g/mol. The normalized spacial score (nSPS) is 10.9. The molecule has 24 heavy (non-hydrogen) atoms. The van der Waals surface area contributed by atoms with Gasteiger partial charge in [-0.1, -0.05) is 11.6 Å². The van der Waals surface area contributed by atoms with Crippen molar-refractivity contribution in [3.8, 4) is 0 Å². The summed E-state index contributed by atoms with van der Waals surface area (Å²) < 4.78 is 0. The molecule has 128 valence electrons. The number of carbonyl (C=O) groups is 2. The highest BCUT2D eigenvalue weighted by Crippen LogP contribution is 2.19. The minimum atomic E-state index is -0.162. The van der Waals surface area contributed by atoms with Gasteiger partial charge in [0.1, 0.15) is 0 Å². The number of hydrogen-bond donors (Lipinski definition) is 1. The van der Waals surface area contributed by atoms with E-state index >= 15 is 0 Å². The molecule has 0 aliphatic heterocycles. The van der Waals surface area contributed by atoms with Crippen LogP contribution in [0.15, 0.2) is 24.3 Å². The quantitative estimate of drug-likeness (QED) is 0.918. The predicted octanol–water partition coefficient (Wildman–Crippen LogP) is 2.84. The maximum Gasteiger partial charge on any atom is 0.256 e. The van der Waals surface area contributed by atoms with Crippen molar-refractivity contribution in [2.75, 3.05) is 13.1 Å². The summed E-state index contributed by atoms with van der Waals surface area (Å²) in [6.45, 7) is 10.0. The second-order valence-corrected chi connectivity index (χ2v) is 6.36. The lowest BCUT2D eigenvalue weighted by Crippen LogP contribution is -2.42. The Morgan fingerprint density at radius 3 is 2.54 bits per heavy atom. The van der Waals surface area contributed by atoms with Crippen LogP contribution < -0.4 is 5.32 Å². The Kier molecular flexibility index (Phi) is 5.54. The summed E-state index contributed by atoms with van der Waals surface area (Å²) in [5, 5.41) is 3.75. The molecule has 1 heterocycles. The van der Waals surface area contributed by atoms with Gasteiger partial charge in [-0.15, -0.1) is 0 Å². The zero-order chi connectivity index (χ0) is 17.9. The fourth-order valence-electron chi connectivity index (χ4n) is 2.65. The van der Waals surface area contributed by atoms with Crippen molar-refractivity contribution in [2.24, 2.45) is 0 Å². The van der Waals surface area contributed by atoms with Crippen LogP contribution in [-0.2, 0) is 4.79 Å². The van der Waals surface area contributed by atoms with Gasteiger partial charge in [0.2, 0.25) is 5.91 Å². The van der Waals surface area contributed by atoms with Gasteiger partial charge in [0, 0.05) is 18.0 Å². The number of rotatable bonds is 5. The van der Waals surface area contributed by atoms with Gasteiger partial charge in [0.05, 0.1) is 23.3 Å². The Bertz CT molecular complexity index is 769. The third-order valence-corrected chi connectivity index (χ3v) is 3.84. The number of nitrogens with zero attached hydrogens (tertiary/aromatic N) is 2. The number of pyridine rings is 1. The van der Waals surface area contributed by atoms with E-state index in [0.717, 1.165) is 16.5 Å². The van der Waals surface area contributed by atoms with Crippen LogP contribution in [0.3, 0.4) is 0 Å². The molecule has 0 aliphatic rings. The van der Waals surface area contributed by atoms with Crippen molar-refractivity contribution in [1.29, 1.82) is 0 Å². The Labute approximate surface area is 143 Å². The summed E-state index contributed by atoms with van der Waals surface area (Å²) in [6.07, 6.45) is 0. The molecular formula is C19H25N3O2. The Hall–Kier alpha value is -2.43. The summed E-state index contributed by atoms with van der Waals surface area (Å²) in [5.41, 5.74) is 3.22. The van der Waals surface area contributed by atoms with Crippen molar-refractivity contribution < 1.29 is 9.59 Å². The van der Waals surface area contributed by atoms with Crippen LogP contribution in [0.25, 0.3) is 10.9 Å². The first-order chi connectivity index (χ1) is 11.3. The van der Waals surface area contributed by atoms with Crippen molar-refractivity contribution in [1.82, 2.24) is 15.2 Å². The molecule has 0 spiro atoms. The van der Waals surface area contributed by atoms with Gasteiger partial charge in [-0.3, -0.25) is 14.6 Å². The molecule has 0 radical (unpaired) electrons. The van der Waals surface area contributed by atoms with Gasteiger partial charge in [0.25, 0.3) is 5.91 Å². The Morgan fingerprint density at radius 2 is 1.92 bits per heavy atom. The monoisotopic (exact) mass is 327 g/mol. The molecular weight excluding hydrogens is 302 g/mol. The molecule has 0 aliphatic carbocycles. The Morgan fingerprint density at radius 1 is 1.21 bits per heavy atom. The zero-order valence-electron chi connectivity index (χ0n) is 15.0. The van der Waals surface area contributed by atoms with Gasteiger partial charge >= 0.3 is 0 Å². The molecule has 0 saturated heterocycles. The van der Waals surface area contributed by atoms with E-state index in [2.05, 4.69) is 10.3 Å². The number of carbonyl (C=O) groups excluding carboxylic acids is 2. The van der Waals surface area contributed by atoms with E-state index < -0.39 is 0 Å². The molecule has 1 N–H and O–H groups in total. The molecule has 5 nitrogen and oxygen atoms in total. The van der Waals surface area contributed by atoms with E-state index in [-0.39, 0.29) is 24.4 Å². The lowest BCUT2D eigenvalue weighted by atomic mass is 10.1. The lowest BCUT2D eigenvalue weighted by Gasteiger charge is -2.22. The molecule has 0 saturated carbocycles. The fraction of sp³-hybridized carbons (Fsp3) is 0.421. The molecule has 2 aromatic rings. The predicted molar refractivity (Wildman–Crippen MR) is 96.1 cm³/mol. The zero-order valence-corrected chi connectivity index (χ0v) is 15.0. The van der Waals surface area contributed by atoms with Crippen LogP contribution in [0.5, 0.6) is 0 Å². The molecule has 2 amide bonds. The molecule has 0 fully saturated rings. The van der Waals surface area contributed by atoms with E-state index in [0.29, 0.717) is 17.8 Å². The topological polar surface area (TPSA) is 62.3 Å². The van der Waals surface area contributed by atoms with E-state index in [1.807, 2.05) is 58.9 Å². The minimum absolute atomic E-state index is 0.0540. The van der Waals surface area contributed by atoms with Crippen molar-refractivity contribution in [2.45, 2.75) is 40.7 Å². The van der Waals surface area contributed by atoms with Gasteiger partial charge in [-0.25, -0.2) is 0 Å². The lowest BCUT2D eigenvalue weighted by molar-refractivity contribution is -0.122. The third-order valence-electron chi connectivity index (χ3n) is 3.84. The van der Waals surface area contributed by atoms with Crippen LogP contribution in [0, 0.1) is 13.8 Å². The standard InChI is InChI=1S/C19H25N3O2/c1-6-22(11-18(23)20-12(2)3)19(24)16-10-15-9-13(4)7-8-17(15)21-14(16)5/h7-10,12H,6,11H2,1-5H3,(H,20,23). The molecule has 0 bridgehead atoms. The van der Waals surface area contributed by atoms with Crippen LogP contribution in [0.4, 0.5) is 0 Å². The number of aryl methyl sites for hydroxylation is 2. The second kappa shape index (κ2) is 7.43. The van der Waals surface area contributed by atoms with E-state index in [9.17, 15) is 9.59 Å². The largest absolute Gasteiger partial charge is 0.352 e. The van der Waals surface area contributed by atoms with E-state index in [1.165, 1.54) is 0 Å². The second-order valence-electron chi connectivity index (χ2n) is 6.36. The van der Waals surface area contributed by atoms with Crippen molar-refractivity contribution in [3.63, 3.8) is 0 Å². The molecule has 5 heteroatoms. The SMILES string of the molecule is CCN(CC(=O)NC(C)C)C(=O)c1cc2cc(C)ccc2nc1C. The van der Waals surface area contributed by atoms with Gasteiger partial charge in [0.15, 0.2) is 0 Å². The number of nitrogens with one attached hydrogen (secondary N) is 1. The molecule has 1 aromatic heterocycles. The van der Waals surface area contributed by atoms with Crippen molar-refractivity contribution >= 4 is 22.7 Å². The van der Waals surface area contributed by atoms with Crippen LogP contribution in [0.2, 0.25) is 0 Å². The first-order valence-electron chi connectivity index (χ1n) is 8.28. The van der Waals surface area contributed by atoms with Gasteiger partial charge < -0.3 is 10.2 Å². The number of hydrogen-bond acceptors (Lipinski definition) is 3. The number of fused-ring (bicyclic) bond motifs is 1. The van der Waals surface area contributed by atoms with Gasteiger partial charge in [-0.05, 0) is 52.8 Å². The molecule has 0 atom stereocenters. The summed E-state index contributed by atoms with van der Waals surface area (Å²) in [4.78, 5) is 30.9. The number of benzene rings is 1. The van der Waals surface area contributed by atoms with Gasteiger partial charge in [-0.2, -0.15) is 0 Å². The van der Waals surface area contributed by atoms with Crippen LogP contribution >= 0.6 is 0 Å². The first-order valence-corrected chi connectivity index (χ1v) is 8.28. The minimum Gasteiger partial charge on any atom is -0.352 e. The Balaban J connectivity index is 2.31. The number of amides is 2. The van der Waals surface area contributed by atoms with E-state index in [4.69, 9.17) is 0 Å². The maximum absolute atomic E-state index is 12.9. The number of aromatic nitrogens is 1. The highest BCUT2D eigenvalue weighted by molar-refractivity contribution is 6.00. The fourth-order valence-corrected chi connectivity index (χ4v) is 2.65. The summed E-state index contributed by atoms with van der Waals surface area (Å²) in [7, 11) is 0. The summed E-state index contributed by atoms with van der Waals surface area (Å²) in [6, 6.07) is 7.90. The van der Waals surface area contributed by atoms with E-state index in [1.54, 1.807) is 4.90 Å². The first kappa shape index (κ1) is 17.9. The third kappa shape index (κ3) is 4.10. The summed E-state index contributed by atoms with van der Waals surface area (Å²) in [5.74, 6) is -0.313. The number of likely N-dealkylation sites (N-methyl/N-ethyl adjacent to an activating group) is 1. The van der Waals surface area contributed by atoms with Crippen LogP contribution in [0.1, 0.15) is 42.4 Å². The smallest absolute Gasteiger partial charge is 0.256 e. The van der Waals surface area contributed by atoms with Crippen LogP contribution in [-0.4, -0.2) is 40.8 Å². The highest BCUT2D eigenvalue weighted by atomic mass is 16.2. The molecule has 1 aromatic carbocycles. The average Bonchev–Trinajstić information content (AvgIpc) is 2.51.